The van der Waals surface area contributed by atoms with Crippen molar-refractivity contribution >= 4 is 17.6 Å². The summed E-state index contributed by atoms with van der Waals surface area (Å²) >= 11 is 1.60. The molecule has 0 unspecified atom stereocenters. The highest BCUT2D eigenvalue weighted by Crippen LogP contribution is 2.13. The van der Waals surface area contributed by atoms with Crippen LogP contribution in [0.2, 0.25) is 0 Å². The maximum absolute atomic E-state index is 4.22. The minimum atomic E-state index is 0.917. The third-order valence-corrected chi connectivity index (χ3v) is 3.68. The second-order valence-corrected chi connectivity index (χ2v) is 5.20. The Morgan fingerprint density at radius 3 is 2.74 bits per heavy atom. The first-order valence-electron chi connectivity index (χ1n) is 6.27. The number of hydrogen-bond acceptors (Lipinski definition) is 5. The molecular formula is C13H19N5S. The zero-order valence-corrected chi connectivity index (χ0v) is 12.4. The summed E-state index contributed by atoms with van der Waals surface area (Å²) in [7, 11) is 2.05. The predicted molar refractivity (Wildman–Crippen MR) is 78.7 cm³/mol. The molecule has 0 atom stereocenters. The van der Waals surface area contributed by atoms with Gasteiger partial charge in [0.15, 0.2) is 5.82 Å². The molecule has 102 valence electrons. The van der Waals surface area contributed by atoms with E-state index in [0.717, 1.165) is 36.2 Å². The van der Waals surface area contributed by atoms with Crippen molar-refractivity contribution in [2.24, 2.45) is 0 Å². The van der Waals surface area contributed by atoms with Crippen LogP contribution in [0.1, 0.15) is 12.2 Å². The van der Waals surface area contributed by atoms with Gasteiger partial charge in [0.05, 0.1) is 0 Å². The maximum atomic E-state index is 4.22. The van der Waals surface area contributed by atoms with Gasteiger partial charge in [0, 0.05) is 32.5 Å². The van der Waals surface area contributed by atoms with E-state index in [9.17, 15) is 0 Å². The molecular weight excluding hydrogens is 258 g/mol. The van der Waals surface area contributed by atoms with Crippen LogP contribution in [0.15, 0.2) is 29.6 Å². The molecule has 0 bridgehead atoms. The zero-order valence-electron chi connectivity index (χ0n) is 11.6. The first kappa shape index (κ1) is 13.9. The Balaban J connectivity index is 1.83. The van der Waals surface area contributed by atoms with Gasteiger partial charge in [-0.3, -0.25) is 0 Å². The van der Waals surface area contributed by atoms with Crippen molar-refractivity contribution in [2.45, 2.75) is 24.9 Å². The number of rotatable bonds is 6. The van der Waals surface area contributed by atoms with E-state index < -0.39 is 0 Å². The average Bonchev–Trinajstić information content (AvgIpc) is 2.84. The van der Waals surface area contributed by atoms with Crippen LogP contribution in [0.5, 0.6) is 0 Å². The normalized spacial score (nSPS) is 10.7. The number of anilines is 1. The Morgan fingerprint density at radius 1 is 1.32 bits per heavy atom. The molecule has 0 N–H and O–H groups in total. The van der Waals surface area contributed by atoms with Crippen molar-refractivity contribution in [1.29, 1.82) is 0 Å². The summed E-state index contributed by atoms with van der Waals surface area (Å²) in [5.74, 6) is 1.98. The van der Waals surface area contributed by atoms with Gasteiger partial charge < -0.3 is 9.47 Å². The minimum absolute atomic E-state index is 0.917. The van der Waals surface area contributed by atoms with Crippen molar-refractivity contribution in [1.82, 2.24) is 19.7 Å². The Labute approximate surface area is 118 Å². The summed E-state index contributed by atoms with van der Waals surface area (Å²) in [4.78, 5) is 6.34. The number of nitrogens with zero attached hydrogens (tertiary/aromatic N) is 5. The fourth-order valence-corrected chi connectivity index (χ4v) is 2.18. The molecule has 0 spiro atoms. The number of imidazole rings is 1. The van der Waals surface area contributed by atoms with Crippen LogP contribution in [0.25, 0.3) is 0 Å². The van der Waals surface area contributed by atoms with E-state index in [0.29, 0.717) is 0 Å². The van der Waals surface area contributed by atoms with Crippen LogP contribution in [-0.4, -0.2) is 39.6 Å². The van der Waals surface area contributed by atoms with E-state index in [2.05, 4.69) is 24.6 Å². The molecule has 0 saturated heterocycles. The van der Waals surface area contributed by atoms with E-state index in [1.54, 1.807) is 11.8 Å². The van der Waals surface area contributed by atoms with Gasteiger partial charge >= 0.3 is 0 Å². The SMILES string of the molecule is CSc1ccc(N(C)CCCn2ccnc2C)nn1. The standard InChI is InChI=1S/C13H19N5S/c1-11-14-7-10-18(11)9-4-8-17(2)12-5-6-13(19-3)16-15-12/h5-7,10H,4,8-9H2,1-3H3. The first-order chi connectivity index (χ1) is 9.20. The van der Waals surface area contributed by atoms with Gasteiger partial charge in [-0.25, -0.2) is 4.98 Å². The molecule has 2 aromatic rings. The molecule has 2 heterocycles. The smallest absolute Gasteiger partial charge is 0.151 e. The second-order valence-electron chi connectivity index (χ2n) is 4.38. The van der Waals surface area contributed by atoms with Crippen LogP contribution in [0.4, 0.5) is 5.82 Å². The fourth-order valence-electron chi connectivity index (χ4n) is 1.86. The molecule has 0 saturated carbocycles. The predicted octanol–water partition coefficient (Wildman–Crippen LogP) is 2.23. The molecule has 19 heavy (non-hydrogen) atoms. The highest BCUT2D eigenvalue weighted by molar-refractivity contribution is 7.98. The van der Waals surface area contributed by atoms with Crippen molar-refractivity contribution in [3.05, 3.63) is 30.4 Å². The van der Waals surface area contributed by atoms with Gasteiger partial charge in [0.1, 0.15) is 10.9 Å². The van der Waals surface area contributed by atoms with E-state index in [-0.39, 0.29) is 0 Å². The Kier molecular flexibility index (Phi) is 4.79. The first-order valence-corrected chi connectivity index (χ1v) is 7.50. The summed E-state index contributed by atoms with van der Waals surface area (Å²) in [6.07, 6.45) is 6.91. The van der Waals surface area contributed by atoms with E-state index >= 15 is 0 Å². The Hall–Kier alpha value is -1.56. The fraction of sp³-hybridized carbons (Fsp3) is 0.462. The van der Waals surface area contributed by atoms with E-state index in [1.165, 1.54) is 0 Å². The summed E-state index contributed by atoms with van der Waals surface area (Å²) in [5, 5.41) is 9.32. The van der Waals surface area contributed by atoms with Gasteiger partial charge in [-0.2, -0.15) is 0 Å². The van der Waals surface area contributed by atoms with E-state index in [4.69, 9.17) is 0 Å². The molecule has 6 heteroatoms. The summed E-state index contributed by atoms with van der Waals surface area (Å²) < 4.78 is 2.16. The van der Waals surface area contributed by atoms with Crippen LogP contribution in [0, 0.1) is 6.92 Å². The lowest BCUT2D eigenvalue weighted by Gasteiger charge is -2.17. The molecule has 0 aliphatic rings. The lowest BCUT2D eigenvalue weighted by molar-refractivity contribution is 0.619. The Bertz CT molecular complexity index is 508. The average molecular weight is 277 g/mol. The van der Waals surface area contributed by atoms with Crippen LogP contribution in [0.3, 0.4) is 0 Å². The van der Waals surface area contributed by atoms with Crippen LogP contribution < -0.4 is 4.90 Å². The largest absolute Gasteiger partial charge is 0.358 e. The summed E-state index contributed by atoms with van der Waals surface area (Å²) in [6, 6.07) is 4.02. The molecule has 0 radical (unpaired) electrons. The molecule has 0 aliphatic carbocycles. The van der Waals surface area contributed by atoms with Crippen molar-refractivity contribution in [2.75, 3.05) is 24.7 Å². The van der Waals surface area contributed by atoms with Crippen molar-refractivity contribution in [3.63, 3.8) is 0 Å². The highest BCUT2D eigenvalue weighted by atomic mass is 32.2. The molecule has 2 aromatic heterocycles. The number of thioether (sulfide) groups is 1. The van der Waals surface area contributed by atoms with Gasteiger partial charge in [-0.1, -0.05) is 0 Å². The van der Waals surface area contributed by atoms with E-state index in [1.807, 2.05) is 44.8 Å². The topological polar surface area (TPSA) is 46.8 Å². The Morgan fingerprint density at radius 2 is 2.16 bits per heavy atom. The maximum Gasteiger partial charge on any atom is 0.151 e. The second kappa shape index (κ2) is 6.56. The van der Waals surface area contributed by atoms with Gasteiger partial charge in [-0.15, -0.1) is 22.0 Å². The molecule has 0 fully saturated rings. The quantitative estimate of drug-likeness (QED) is 0.758. The molecule has 2 rings (SSSR count). The number of aryl methyl sites for hydroxylation is 2. The lowest BCUT2D eigenvalue weighted by Crippen LogP contribution is -2.21. The third kappa shape index (κ3) is 3.70. The lowest BCUT2D eigenvalue weighted by atomic mass is 10.3. The summed E-state index contributed by atoms with van der Waals surface area (Å²) in [5.41, 5.74) is 0. The van der Waals surface area contributed by atoms with Gasteiger partial charge in [0.2, 0.25) is 0 Å². The third-order valence-electron chi connectivity index (χ3n) is 3.04. The zero-order chi connectivity index (χ0) is 13.7. The van der Waals surface area contributed by atoms with Gasteiger partial charge in [-0.05, 0) is 31.7 Å². The van der Waals surface area contributed by atoms with Crippen LogP contribution >= 0.6 is 11.8 Å². The van der Waals surface area contributed by atoms with Crippen molar-refractivity contribution < 1.29 is 0 Å². The van der Waals surface area contributed by atoms with Crippen LogP contribution in [-0.2, 0) is 6.54 Å². The minimum Gasteiger partial charge on any atom is -0.358 e. The molecule has 0 aromatic carbocycles. The number of hydrogen-bond donors (Lipinski definition) is 0. The monoisotopic (exact) mass is 277 g/mol. The molecule has 0 amide bonds. The highest BCUT2D eigenvalue weighted by Gasteiger charge is 2.04. The molecule has 5 nitrogen and oxygen atoms in total. The van der Waals surface area contributed by atoms with Gasteiger partial charge in [0.25, 0.3) is 0 Å². The van der Waals surface area contributed by atoms with Crippen molar-refractivity contribution in [3.8, 4) is 0 Å². The summed E-state index contributed by atoms with van der Waals surface area (Å²) in [6.45, 7) is 3.95. The molecule has 0 aliphatic heterocycles. The number of aromatic nitrogens is 4.